The Morgan fingerprint density at radius 2 is 0.926 bits per heavy atom. The minimum Gasteiger partial charge on any atom is -0.369 e. The summed E-state index contributed by atoms with van der Waals surface area (Å²) >= 11 is 29.5. The average Bonchev–Trinajstić information content (AvgIpc) is 1.59. The number of Topliss-reactive ketones (excluding diaryl/α,β-unsaturated/α-hetero) is 3. The molecule has 14 N–H and O–H groups in total. The summed E-state index contributed by atoms with van der Waals surface area (Å²) in [5.41, 5.74) is 14.1. The third-order valence-electron chi connectivity index (χ3n) is 21.9. The lowest BCUT2D eigenvalue weighted by Gasteiger charge is -2.28. The van der Waals surface area contributed by atoms with E-state index in [9.17, 15) is 57.8 Å². The van der Waals surface area contributed by atoms with E-state index in [-0.39, 0.29) is 117 Å². The summed E-state index contributed by atoms with van der Waals surface area (Å²) in [7, 11) is 0. The molecule has 726 valence electrons. The number of aliphatic imine (C=N–C) groups is 2. The van der Waals surface area contributed by atoms with E-state index in [2.05, 4.69) is 97.8 Å². The Morgan fingerprint density at radius 3 is 1.52 bits per heavy atom. The molecule has 0 radical (unpaired) electrons. The molecule has 0 amide bonds. The zero-order chi connectivity index (χ0) is 95.6. The topological polar surface area (TPSA) is 721 Å². The van der Waals surface area contributed by atoms with Crippen LogP contribution in [0.15, 0.2) is 54.6 Å². The summed E-state index contributed by atoms with van der Waals surface area (Å²) in [6.07, 6.45) is -27.6. The van der Waals surface area contributed by atoms with Crippen molar-refractivity contribution in [2.75, 3.05) is 56.8 Å². The highest BCUT2D eigenvalue weighted by Crippen LogP contribution is 2.63. The van der Waals surface area contributed by atoms with Gasteiger partial charge in [-0.3, -0.25) is 84.6 Å². The highest BCUT2D eigenvalue weighted by Gasteiger charge is 2.65. The van der Waals surface area contributed by atoms with Gasteiger partial charge in [-0.05, 0) is 59.0 Å². The second kappa shape index (κ2) is 36.5. The van der Waals surface area contributed by atoms with E-state index in [1.165, 1.54) is 38.7 Å². The Bertz CT molecular complexity index is 6900. The molecule has 12 aliphatic rings. The summed E-state index contributed by atoms with van der Waals surface area (Å²) in [4.78, 5) is 171. The van der Waals surface area contributed by atoms with E-state index >= 15 is 26.3 Å². The van der Waals surface area contributed by atoms with Gasteiger partial charge in [-0.25, -0.2) is 56.7 Å². The molecule has 28 atom stereocenters. The summed E-state index contributed by atoms with van der Waals surface area (Å²) < 4.78 is 215. The van der Waals surface area contributed by atoms with Gasteiger partial charge >= 0.3 is 46.3 Å². The number of H-pyrrole nitrogens is 3. The predicted octanol–water partition coefficient (Wildman–Crippen LogP) is 1.46. The van der Waals surface area contributed by atoms with Crippen molar-refractivity contribution in [1.82, 2.24) is 98.2 Å². The molecule has 135 heavy (non-hydrogen) atoms. The van der Waals surface area contributed by atoms with Crippen molar-refractivity contribution in [3.8, 4) is 0 Å². The molecule has 0 aromatic carbocycles. The Kier molecular flexibility index (Phi) is 26.1. The van der Waals surface area contributed by atoms with Gasteiger partial charge in [0.05, 0.1) is 83.0 Å². The first kappa shape index (κ1) is 96.3. The van der Waals surface area contributed by atoms with Crippen LogP contribution in [0.25, 0.3) is 33.5 Å². The fourth-order valence-electron chi connectivity index (χ4n) is 15.8. The van der Waals surface area contributed by atoms with E-state index in [4.69, 9.17) is 159 Å². The molecule has 0 aliphatic carbocycles. The number of hydrogen-bond donors (Lipinski definition) is 12. The smallest absolute Gasteiger partial charge is 0.369 e. The number of fused-ring (bicyclic) bond motifs is 15. The quantitative estimate of drug-likeness (QED) is 0.0637. The number of carbonyl (C=O) groups is 3. The molecule has 9 saturated heterocycles. The second-order valence-electron chi connectivity index (χ2n) is 30.5. The number of anilines is 3. The molecular formula is C61H64F6N26O30P6S6. The van der Waals surface area contributed by atoms with E-state index in [1.54, 1.807) is 0 Å². The van der Waals surface area contributed by atoms with Gasteiger partial charge < -0.3 is 97.2 Å². The number of aromatic amines is 3. The SMILES string of the molecule is Nc1nc2c(ncn2[C@@H]2O[C@@H]3COP(O)(=S)O[C@@H]4[C@@H](COP(=O)(S)O[C@@H]2[C@@H]3F)O[C@@H](n2nnc3c2N=CCC3=O)C4(F)F)c(=O)[nH]1.Nc1nc2c(ncn2[C@@H]2O[C@@H]3COP(O)(=S)O[C@H]4C[C@H](c5cnc6n5N=CCC6=O)O[C@@H]4COP(O)(=S)O[C@@H]2[C@@H]3F)c(=O)[nH]1.Nc1nc2c(nnn2[C@@H]2O[C@@H]3COP(O)(=S)O[C@H]4[C@H](F)[C@H](n5cnc6c5N=CCC6=O)O[C@@H]4COP(O)(=S)O[C@@H]2[C@@H]3F)c(=O)[nH]1. The molecule has 56 nitrogen and oxygen atoms in total. The third kappa shape index (κ3) is 18.8. The number of imidazole rings is 4. The van der Waals surface area contributed by atoms with Crippen LogP contribution >= 0.6 is 52.6 Å². The first-order valence-electron chi connectivity index (χ1n) is 39.0. The van der Waals surface area contributed by atoms with E-state index in [0.717, 1.165) is 28.2 Å². The summed E-state index contributed by atoms with van der Waals surface area (Å²) in [5, 5.41) is 19.0. The van der Waals surface area contributed by atoms with E-state index in [0.29, 0.717) is 10.4 Å². The van der Waals surface area contributed by atoms with Gasteiger partial charge in [-0.1, -0.05) is 22.7 Å². The Morgan fingerprint density at radius 1 is 0.459 bits per heavy atom. The fraction of sp³-hybridized carbons (Fsp3) is 0.541. The number of nitrogens with two attached hydrogens (primary N) is 3. The predicted molar refractivity (Wildman–Crippen MR) is 457 cm³/mol. The van der Waals surface area contributed by atoms with Gasteiger partial charge in [0.1, 0.15) is 67.1 Å². The van der Waals surface area contributed by atoms with Crippen molar-refractivity contribution < 1.29 is 152 Å². The average molecular weight is 2130 g/mol. The van der Waals surface area contributed by atoms with Crippen molar-refractivity contribution >= 4 is 211 Å². The maximum atomic E-state index is 16.0. The molecule has 0 spiro atoms. The van der Waals surface area contributed by atoms with Crippen LogP contribution in [0.2, 0.25) is 0 Å². The molecule has 0 saturated carbocycles. The van der Waals surface area contributed by atoms with Gasteiger partial charge in [0, 0.05) is 37.9 Å². The molecule has 74 heteroatoms. The summed E-state index contributed by atoms with van der Waals surface area (Å²) in [5.74, 6) is -6.15. The summed E-state index contributed by atoms with van der Waals surface area (Å²) in [6.45, 7) is -30.6. The van der Waals surface area contributed by atoms with E-state index < -0.39 is 244 Å². The van der Waals surface area contributed by atoms with Crippen LogP contribution in [0.1, 0.15) is 100 Å². The van der Waals surface area contributed by atoms with Crippen LogP contribution in [0.5, 0.6) is 0 Å². The van der Waals surface area contributed by atoms with Gasteiger partial charge in [-0.2, -0.15) is 38.2 Å². The van der Waals surface area contributed by atoms with Crippen LogP contribution < -0.4 is 33.9 Å². The Balaban J connectivity index is 0.000000130. The molecule has 6 unspecified atom stereocenters. The zero-order valence-electron chi connectivity index (χ0n) is 66.9. The van der Waals surface area contributed by atoms with Crippen molar-refractivity contribution in [3.05, 3.63) is 79.1 Å². The normalized spacial score (nSPS) is 38.1. The first-order valence-corrected chi connectivity index (χ1v) is 54.6. The van der Waals surface area contributed by atoms with Gasteiger partial charge in [0.2, 0.25) is 29.9 Å². The summed E-state index contributed by atoms with van der Waals surface area (Å²) in [6, 6.07) is 0. The number of alkyl halides is 6. The number of thiol groups is 1. The maximum Gasteiger partial charge on any atom is 0.386 e. The van der Waals surface area contributed by atoms with Crippen LogP contribution in [-0.2, 0) is 146 Å². The lowest BCUT2D eigenvalue weighted by atomic mass is 10.1. The molecule has 21 heterocycles. The number of rotatable bonds is 6. The molecular weight excluding hydrogens is 2070 g/mol. The Labute approximate surface area is 774 Å². The molecule has 21 rings (SSSR count). The first-order chi connectivity index (χ1) is 63.9. The molecule has 12 aliphatic heterocycles. The number of carbonyl (C=O) groups excluding carboxylic acids is 3. The van der Waals surface area contributed by atoms with Crippen molar-refractivity contribution in [2.45, 2.75) is 167 Å². The van der Waals surface area contributed by atoms with Crippen LogP contribution in [-0.4, -0.2) is 302 Å². The molecule has 6 bridgehead atoms. The standard InChI is InChI=1S/C21H23FN8O10P2S2.C20H20F3N9O10P2S2.C20H21F2N9O10P2S2/c22-14-13-6-36-41(33,43)39-11-3-10(8-4-24-17-9(31)1-2-26-30(8)17)37-12(11)5-35-42(34,44)40-16(14)20(38-13)29-7-25-15-18(29)27-21(23)28-19(15)32;21-9-7-3-37-44(36,46)42-13-8(40-18(20(13,22)23)32-14-10(29-30-32)6(33)1-2-25-14)4-38-43(35,45)41-12(9)17(39-7)31-5-26-11-15(31)27-19(24)28-16(11)34;21-9-7-3-36-42(34,44)40-13-8(39-18(10(13)22)30-5-25-11-6(32)1-2-24-15(11)30)4-37-43(35,45)41-14(9)19(38-7)31-16-12(28-29-31)17(33)27-20(23)26-16/h2,4,7,10-14,16,20H,1,3,5-6H2,(H,33,43)(H,34,44)(H3,23,27,28,32);2,5,7-9,12-13,17-18H,1,3-4H2,(H,35,45)(H,36,46)(H3,24,27,28,34);2,5,7-10,13-14,18-19H,1,3-4H2,(H,34,44)(H,35,45)(H3,23,26,27,33)/t10-,11+,12-,13-,14-,16-,20-,41?,42?;7-,8-,9-,12-,13-,17-,18-,43?,44?;7-,8-,9-,10+,13-,14-,18-,19-,42?,43?/m111/s1. The van der Waals surface area contributed by atoms with Crippen molar-refractivity contribution in [3.63, 3.8) is 0 Å². The number of halogens is 6. The van der Waals surface area contributed by atoms with Crippen molar-refractivity contribution in [2.24, 2.45) is 15.1 Å². The molecule has 9 aromatic heterocycles. The van der Waals surface area contributed by atoms with E-state index in [1.807, 2.05) is 0 Å². The Hall–Kier alpha value is -7.55. The highest BCUT2D eigenvalue weighted by atomic mass is 32.7. The lowest BCUT2D eigenvalue weighted by Crippen LogP contribution is -2.41. The van der Waals surface area contributed by atoms with Crippen molar-refractivity contribution in [1.29, 1.82) is 0 Å². The van der Waals surface area contributed by atoms with Crippen LogP contribution in [0.3, 0.4) is 0 Å². The zero-order valence-corrected chi connectivity index (χ0v) is 77.2. The molecule has 9 aromatic rings. The van der Waals surface area contributed by atoms with Gasteiger partial charge in [-0.15, -0.1) is 10.2 Å². The third-order valence-corrected chi connectivity index (χ3v) is 31.3. The number of aromatic nitrogens is 20. The second-order valence-corrected chi connectivity index (χ2v) is 47.4. The highest BCUT2D eigenvalue weighted by molar-refractivity contribution is 8.44. The maximum absolute atomic E-state index is 16.0. The number of hydrogen-bond acceptors (Lipinski definition) is 47. The van der Waals surface area contributed by atoms with Gasteiger partial charge in [0.25, 0.3) is 16.7 Å². The largest absolute Gasteiger partial charge is 0.386 e. The fourth-order valence-corrected chi connectivity index (χ4v) is 24.4. The minimum atomic E-state index is -4.66. The monoisotopic (exact) mass is 2130 g/mol. The van der Waals surface area contributed by atoms with Crippen LogP contribution in [0.4, 0.5) is 55.8 Å². The minimum absolute atomic E-state index is 0.0101. The lowest BCUT2D eigenvalue weighted by molar-refractivity contribution is -0.141. The molecule has 9 fully saturated rings. The number of nitrogen functional groups attached to an aromatic ring is 3. The number of ketones is 3. The number of nitrogens with zero attached hydrogens (tertiary/aromatic N) is 20. The number of ether oxygens (including phenoxy) is 6. The van der Waals surface area contributed by atoms with Gasteiger partial charge in [0.15, 0.2) is 130 Å². The van der Waals surface area contributed by atoms with Crippen LogP contribution in [0, 0.1) is 0 Å². The number of nitrogens with one attached hydrogen (secondary N) is 3.